The van der Waals surface area contributed by atoms with Crippen LogP contribution in [0.3, 0.4) is 0 Å². The van der Waals surface area contributed by atoms with Gasteiger partial charge in [-0.25, -0.2) is 4.98 Å². The van der Waals surface area contributed by atoms with Crippen LogP contribution in [0.25, 0.3) is 0 Å². The first-order chi connectivity index (χ1) is 8.58. The molecule has 1 aromatic heterocycles. The molecule has 0 spiro atoms. The highest BCUT2D eigenvalue weighted by atomic mass is 32.1. The van der Waals surface area contributed by atoms with Gasteiger partial charge in [0, 0.05) is 11.6 Å². The second-order valence-electron chi connectivity index (χ2n) is 6.46. The molecule has 0 aliphatic carbocycles. The highest BCUT2D eigenvalue weighted by molar-refractivity contribution is 7.09. The summed E-state index contributed by atoms with van der Waals surface area (Å²) in [6.45, 7) is 7.02. The van der Waals surface area contributed by atoms with Crippen LogP contribution in [-0.2, 0) is 6.42 Å². The number of nitrogens with zero attached hydrogens (tertiary/aromatic N) is 1. The van der Waals surface area contributed by atoms with Gasteiger partial charge in [-0.2, -0.15) is 0 Å². The van der Waals surface area contributed by atoms with Crippen molar-refractivity contribution >= 4 is 11.3 Å². The van der Waals surface area contributed by atoms with E-state index in [1.54, 1.807) is 11.3 Å². The van der Waals surface area contributed by atoms with Crippen LogP contribution in [0.15, 0.2) is 11.6 Å². The van der Waals surface area contributed by atoms with Gasteiger partial charge in [0.15, 0.2) is 0 Å². The molecule has 0 amide bonds. The zero-order valence-corrected chi connectivity index (χ0v) is 13.2. The number of hydrogen-bond donors (Lipinski definition) is 0. The lowest BCUT2D eigenvalue weighted by molar-refractivity contribution is 0.356. The topological polar surface area (TPSA) is 12.9 Å². The van der Waals surface area contributed by atoms with Gasteiger partial charge in [0.2, 0.25) is 0 Å². The third-order valence-corrected chi connectivity index (χ3v) is 4.14. The van der Waals surface area contributed by atoms with Crippen LogP contribution >= 0.6 is 11.3 Å². The fourth-order valence-corrected chi connectivity index (χ4v) is 2.85. The zero-order valence-electron chi connectivity index (χ0n) is 12.4. The predicted octanol–water partition coefficient (Wildman–Crippen LogP) is 5.85. The second-order valence-corrected chi connectivity index (χ2v) is 7.44. The third-order valence-electron chi connectivity index (χ3n) is 3.30. The Bertz CT molecular complexity index is 285. The van der Waals surface area contributed by atoms with Crippen LogP contribution in [0.5, 0.6) is 0 Å². The molecule has 0 atom stereocenters. The summed E-state index contributed by atoms with van der Waals surface area (Å²) in [5.74, 6) is 0. The van der Waals surface area contributed by atoms with Crippen molar-refractivity contribution in [2.75, 3.05) is 0 Å². The van der Waals surface area contributed by atoms with Crippen molar-refractivity contribution in [1.29, 1.82) is 0 Å². The van der Waals surface area contributed by atoms with Crippen molar-refractivity contribution < 1.29 is 0 Å². The highest BCUT2D eigenvalue weighted by Crippen LogP contribution is 2.22. The molecule has 2 heteroatoms. The molecule has 0 bridgehead atoms. The maximum Gasteiger partial charge on any atom is 0.0924 e. The molecule has 1 rings (SSSR count). The van der Waals surface area contributed by atoms with Gasteiger partial charge in [0.1, 0.15) is 0 Å². The van der Waals surface area contributed by atoms with Crippen LogP contribution in [0.1, 0.15) is 77.1 Å². The van der Waals surface area contributed by atoms with E-state index >= 15 is 0 Å². The fourth-order valence-electron chi connectivity index (χ4n) is 2.19. The smallest absolute Gasteiger partial charge is 0.0924 e. The first kappa shape index (κ1) is 15.7. The summed E-state index contributed by atoms with van der Waals surface area (Å²) in [7, 11) is 0. The summed E-state index contributed by atoms with van der Waals surface area (Å²) < 4.78 is 0. The molecular weight excluding hydrogens is 238 g/mol. The van der Waals surface area contributed by atoms with E-state index in [-0.39, 0.29) is 0 Å². The lowest BCUT2D eigenvalue weighted by Crippen LogP contribution is -2.03. The molecule has 1 nitrogen and oxygen atoms in total. The fraction of sp³-hybridized carbons (Fsp3) is 0.812. The van der Waals surface area contributed by atoms with Crippen LogP contribution in [-0.4, -0.2) is 4.98 Å². The van der Waals surface area contributed by atoms with Crippen LogP contribution in [0.2, 0.25) is 0 Å². The van der Waals surface area contributed by atoms with Gasteiger partial charge >= 0.3 is 0 Å². The lowest BCUT2D eigenvalue weighted by Gasteiger charge is -2.17. The van der Waals surface area contributed by atoms with E-state index in [0.717, 1.165) is 0 Å². The molecule has 0 saturated carbocycles. The second kappa shape index (κ2) is 8.68. The van der Waals surface area contributed by atoms with Crippen molar-refractivity contribution in [3.63, 3.8) is 0 Å². The van der Waals surface area contributed by atoms with E-state index < -0.39 is 0 Å². The monoisotopic (exact) mass is 267 g/mol. The number of aryl methyl sites for hydroxylation is 1. The molecule has 1 aromatic rings. The van der Waals surface area contributed by atoms with E-state index in [0.29, 0.717) is 5.41 Å². The van der Waals surface area contributed by atoms with Gasteiger partial charge < -0.3 is 0 Å². The van der Waals surface area contributed by atoms with Crippen molar-refractivity contribution in [2.24, 2.45) is 5.41 Å². The number of hydrogen-bond acceptors (Lipinski definition) is 2. The molecule has 0 aromatic carbocycles. The SMILES string of the molecule is CC(C)(C)CCCCCCCCCc1nccs1. The van der Waals surface area contributed by atoms with Gasteiger partial charge in [-0.15, -0.1) is 11.3 Å². The zero-order chi connectivity index (χ0) is 13.3. The molecule has 0 fully saturated rings. The molecule has 1 heterocycles. The average Bonchev–Trinajstić information content (AvgIpc) is 2.78. The van der Waals surface area contributed by atoms with Gasteiger partial charge in [-0.1, -0.05) is 59.3 Å². The molecule has 104 valence electrons. The van der Waals surface area contributed by atoms with Crippen LogP contribution in [0.4, 0.5) is 0 Å². The Morgan fingerprint density at radius 2 is 1.56 bits per heavy atom. The molecule has 18 heavy (non-hydrogen) atoms. The third kappa shape index (κ3) is 8.68. The number of aromatic nitrogens is 1. The van der Waals surface area contributed by atoms with Gasteiger partial charge in [-0.3, -0.25) is 0 Å². The average molecular weight is 267 g/mol. The van der Waals surface area contributed by atoms with E-state index in [1.165, 1.54) is 62.8 Å². The van der Waals surface area contributed by atoms with E-state index in [2.05, 4.69) is 31.1 Å². The highest BCUT2D eigenvalue weighted by Gasteiger charge is 2.08. The Morgan fingerprint density at radius 1 is 0.944 bits per heavy atom. The minimum atomic E-state index is 0.522. The standard InChI is InChI=1S/C16H29NS/c1-16(2,3)12-10-8-6-4-5-7-9-11-15-17-13-14-18-15/h13-14H,4-12H2,1-3H3. The summed E-state index contributed by atoms with van der Waals surface area (Å²) in [6, 6.07) is 0. The lowest BCUT2D eigenvalue weighted by atomic mass is 9.89. The first-order valence-electron chi connectivity index (χ1n) is 7.46. The summed E-state index contributed by atoms with van der Waals surface area (Å²) in [6.07, 6.45) is 14.2. The molecule has 0 saturated heterocycles. The van der Waals surface area contributed by atoms with E-state index in [4.69, 9.17) is 0 Å². The Balaban J connectivity index is 1.82. The largest absolute Gasteiger partial charge is 0.250 e. The Kier molecular flexibility index (Phi) is 7.57. The summed E-state index contributed by atoms with van der Waals surface area (Å²) >= 11 is 1.79. The van der Waals surface area contributed by atoms with Crippen molar-refractivity contribution in [1.82, 2.24) is 4.98 Å². The van der Waals surface area contributed by atoms with E-state index in [1.807, 2.05) is 6.20 Å². The number of unbranched alkanes of at least 4 members (excludes halogenated alkanes) is 6. The molecule has 0 aliphatic heterocycles. The Morgan fingerprint density at radius 3 is 2.11 bits per heavy atom. The number of rotatable bonds is 9. The maximum atomic E-state index is 4.32. The van der Waals surface area contributed by atoms with Crippen molar-refractivity contribution in [3.8, 4) is 0 Å². The van der Waals surface area contributed by atoms with Crippen LogP contribution in [0, 0.1) is 5.41 Å². The molecule has 0 N–H and O–H groups in total. The van der Waals surface area contributed by atoms with Gasteiger partial charge in [0.05, 0.1) is 5.01 Å². The summed E-state index contributed by atoms with van der Waals surface area (Å²) in [5.41, 5.74) is 0.522. The van der Waals surface area contributed by atoms with Gasteiger partial charge in [-0.05, 0) is 24.7 Å². The Hall–Kier alpha value is -0.370. The van der Waals surface area contributed by atoms with Gasteiger partial charge in [0.25, 0.3) is 0 Å². The summed E-state index contributed by atoms with van der Waals surface area (Å²) in [5, 5.41) is 3.38. The quantitative estimate of drug-likeness (QED) is 0.511. The Labute approximate surface area is 117 Å². The maximum absolute atomic E-state index is 4.32. The van der Waals surface area contributed by atoms with E-state index in [9.17, 15) is 0 Å². The van der Waals surface area contributed by atoms with Crippen LogP contribution < -0.4 is 0 Å². The molecule has 0 unspecified atom stereocenters. The first-order valence-corrected chi connectivity index (χ1v) is 8.34. The predicted molar refractivity (Wildman–Crippen MR) is 82.2 cm³/mol. The molecule has 0 aliphatic rings. The summed E-state index contributed by atoms with van der Waals surface area (Å²) in [4.78, 5) is 4.32. The molecular formula is C16H29NS. The van der Waals surface area contributed by atoms with Crippen molar-refractivity contribution in [3.05, 3.63) is 16.6 Å². The normalized spacial score (nSPS) is 11.9. The minimum Gasteiger partial charge on any atom is -0.250 e. The number of thiazole rings is 1. The molecule has 0 radical (unpaired) electrons. The van der Waals surface area contributed by atoms with Crippen molar-refractivity contribution in [2.45, 2.75) is 78.6 Å². The minimum absolute atomic E-state index is 0.522.